The summed E-state index contributed by atoms with van der Waals surface area (Å²) in [5.74, 6) is 3.29. The van der Waals surface area contributed by atoms with Crippen LogP contribution in [0.3, 0.4) is 0 Å². The number of hydrogen-bond acceptors (Lipinski definition) is 6. The molecule has 26 heavy (non-hydrogen) atoms. The Morgan fingerprint density at radius 2 is 1.54 bits per heavy atom. The molecule has 0 aliphatic carbocycles. The number of nitrogens with one attached hydrogen (secondary N) is 2. The molecule has 0 fully saturated rings. The van der Waals surface area contributed by atoms with Crippen molar-refractivity contribution >= 4 is 34.6 Å². The van der Waals surface area contributed by atoms with Gasteiger partial charge in [-0.2, -0.15) is 0 Å². The molecule has 3 rings (SSSR count). The normalized spacial score (nSPS) is 10.3. The maximum Gasteiger partial charge on any atom is 0.142 e. The molecule has 7 heteroatoms. The fourth-order valence-corrected chi connectivity index (χ4v) is 2.73. The molecule has 0 unspecified atom stereocenters. The van der Waals surface area contributed by atoms with Gasteiger partial charge >= 0.3 is 0 Å². The van der Waals surface area contributed by atoms with Gasteiger partial charge in [0.25, 0.3) is 0 Å². The molecule has 2 aromatic carbocycles. The molecule has 0 atom stereocenters. The molecule has 0 amide bonds. The molecule has 0 aliphatic heterocycles. The fourth-order valence-electron chi connectivity index (χ4n) is 2.47. The summed E-state index contributed by atoms with van der Waals surface area (Å²) in [6.07, 6.45) is 0. The van der Waals surface area contributed by atoms with Gasteiger partial charge in [0.2, 0.25) is 0 Å². The number of nitrogens with zero attached hydrogens (tertiary/aromatic N) is 2. The molecule has 134 valence electrons. The van der Waals surface area contributed by atoms with E-state index in [9.17, 15) is 0 Å². The number of halogens is 1. The molecule has 0 bridgehead atoms. The number of methoxy groups -OCH3 is 2. The zero-order valence-electron chi connectivity index (χ0n) is 14.7. The first-order valence-electron chi connectivity index (χ1n) is 7.95. The number of rotatable bonds is 6. The average molecular weight is 371 g/mol. The second kappa shape index (κ2) is 7.93. The van der Waals surface area contributed by atoms with E-state index < -0.39 is 0 Å². The van der Waals surface area contributed by atoms with Crippen molar-refractivity contribution in [2.24, 2.45) is 0 Å². The highest BCUT2D eigenvalue weighted by Crippen LogP contribution is 2.30. The predicted octanol–water partition coefficient (Wildman–Crippen LogP) is 4.94. The summed E-state index contributed by atoms with van der Waals surface area (Å²) in [5, 5.41) is 7.01. The lowest BCUT2D eigenvalue weighted by Gasteiger charge is -2.13. The Bertz CT molecular complexity index is 918. The van der Waals surface area contributed by atoms with E-state index >= 15 is 0 Å². The number of benzene rings is 2. The quantitative estimate of drug-likeness (QED) is 0.640. The fraction of sp³-hybridized carbons (Fsp3) is 0.158. The van der Waals surface area contributed by atoms with Crippen LogP contribution in [-0.2, 0) is 0 Å². The third kappa shape index (κ3) is 4.15. The number of anilines is 4. The van der Waals surface area contributed by atoms with E-state index in [1.807, 2.05) is 43.3 Å². The summed E-state index contributed by atoms with van der Waals surface area (Å²) in [6.45, 7) is 1.83. The number of aryl methyl sites for hydroxylation is 1. The van der Waals surface area contributed by atoms with Gasteiger partial charge in [0.05, 0.1) is 24.9 Å². The number of aromatic nitrogens is 2. The molecular weight excluding hydrogens is 352 g/mol. The van der Waals surface area contributed by atoms with Crippen LogP contribution in [0.4, 0.5) is 23.0 Å². The third-order valence-electron chi connectivity index (χ3n) is 3.63. The van der Waals surface area contributed by atoms with Crippen LogP contribution in [0.2, 0.25) is 5.02 Å². The lowest BCUT2D eigenvalue weighted by molar-refractivity contribution is 0.415. The molecule has 0 aliphatic rings. The maximum absolute atomic E-state index is 6.18. The molecule has 1 aromatic heterocycles. The van der Waals surface area contributed by atoms with Gasteiger partial charge in [0, 0.05) is 11.8 Å². The van der Waals surface area contributed by atoms with E-state index in [4.69, 9.17) is 21.1 Å². The largest absolute Gasteiger partial charge is 0.495 e. The molecule has 0 saturated heterocycles. The zero-order valence-corrected chi connectivity index (χ0v) is 15.5. The van der Waals surface area contributed by atoms with Gasteiger partial charge in [0.1, 0.15) is 29.0 Å². The lowest BCUT2D eigenvalue weighted by atomic mass is 10.3. The standard InChI is InChI=1S/C19H19ClN4O2/c1-12-21-18(23-13-8-9-16(25-2)14(20)10-13)11-19(22-12)24-15-6-4-5-7-17(15)26-3/h4-11H,1-3H3,(H2,21,22,23,24). The van der Waals surface area contributed by atoms with Gasteiger partial charge in [-0.3, -0.25) is 0 Å². The van der Waals surface area contributed by atoms with E-state index in [0.29, 0.717) is 28.2 Å². The molecule has 6 nitrogen and oxygen atoms in total. The van der Waals surface area contributed by atoms with Gasteiger partial charge in [-0.15, -0.1) is 0 Å². The topological polar surface area (TPSA) is 68.3 Å². The Kier molecular flexibility index (Phi) is 5.43. The Morgan fingerprint density at radius 1 is 0.846 bits per heavy atom. The van der Waals surface area contributed by atoms with Gasteiger partial charge < -0.3 is 20.1 Å². The van der Waals surface area contributed by atoms with E-state index in [2.05, 4.69) is 20.6 Å². The second-order valence-corrected chi connectivity index (χ2v) is 5.89. The van der Waals surface area contributed by atoms with Crippen LogP contribution >= 0.6 is 11.6 Å². The van der Waals surface area contributed by atoms with Crippen molar-refractivity contribution in [3.05, 3.63) is 59.4 Å². The van der Waals surface area contributed by atoms with Crippen molar-refractivity contribution < 1.29 is 9.47 Å². The van der Waals surface area contributed by atoms with Crippen molar-refractivity contribution in [1.82, 2.24) is 9.97 Å². The van der Waals surface area contributed by atoms with Crippen molar-refractivity contribution in [1.29, 1.82) is 0 Å². The highest BCUT2D eigenvalue weighted by molar-refractivity contribution is 6.32. The van der Waals surface area contributed by atoms with Gasteiger partial charge in [-0.05, 0) is 37.3 Å². The van der Waals surface area contributed by atoms with Gasteiger partial charge in [0.15, 0.2) is 0 Å². The smallest absolute Gasteiger partial charge is 0.142 e. The van der Waals surface area contributed by atoms with Crippen LogP contribution in [0.15, 0.2) is 48.5 Å². The van der Waals surface area contributed by atoms with Crippen LogP contribution in [0.1, 0.15) is 5.82 Å². The number of ether oxygens (including phenoxy) is 2. The van der Waals surface area contributed by atoms with E-state index in [0.717, 1.165) is 17.1 Å². The summed E-state index contributed by atoms with van der Waals surface area (Å²) in [6, 6.07) is 14.9. The lowest BCUT2D eigenvalue weighted by Crippen LogP contribution is -2.02. The summed E-state index contributed by atoms with van der Waals surface area (Å²) in [5.41, 5.74) is 1.63. The molecule has 0 spiro atoms. The Labute approximate surface area is 157 Å². The van der Waals surface area contributed by atoms with Crippen molar-refractivity contribution in [2.75, 3.05) is 24.9 Å². The summed E-state index contributed by atoms with van der Waals surface area (Å²) in [4.78, 5) is 8.85. The molecule has 2 N–H and O–H groups in total. The van der Waals surface area contributed by atoms with Crippen LogP contribution in [0.25, 0.3) is 0 Å². The SMILES string of the molecule is COc1ccc(Nc2cc(Nc3ccccc3OC)nc(C)n2)cc1Cl. The minimum Gasteiger partial charge on any atom is -0.495 e. The maximum atomic E-state index is 6.18. The van der Waals surface area contributed by atoms with Crippen molar-refractivity contribution in [2.45, 2.75) is 6.92 Å². The molecule has 1 heterocycles. The Hall–Kier alpha value is -2.99. The monoisotopic (exact) mass is 370 g/mol. The summed E-state index contributed by atoms with van der Waals surface area (Å²) >= 11 is 6.18. The first-order valence-corrected chi connectivity index (χ1v) is 8.33. The Morgan fingerprint density at radius 3 is 2.23 bits per heavy atom. The minimum atomic E-state index is 0.524. The summed E-state index contributed by atoms with van der Waals surface area (Å²) in [7, 11) is 3.21. The molecular formula is C19H19ClN4O2. The third-order valence-corrected chi connectivity index (χ3v) is 3.93. The Balaban J connectivity index is 1.84. The second-order valence-electron chi connectivity index (χ2n) is 5.49. The van der Waals surface area contributed by atoms with Gasteiger partial charge in [-0.25, -0.2) is 9.97 Å². The van der Waals surface area contributed by atoms with Crippen LogP contribution in [0, 0.1) is 6.92 Å². The van der Waals surface area contributed by atoms with Gasteiger partial charge in [-0.1, -0.05) is 23.7 Å². The van der Waals surface area contributed by atoms with E-state index in [1.54, 1.807) is 26.4 Å². The first kappa shape index (κ1) is 17.8. The average Bonchev–Trinajstić information content (AvgIpc) is 2.62. The zero-order chi connectivity index (χ0) is 18.5. The van der Waals surface area contributed by atoms with Crippen LogP contribution < -0.4 is 20.1 Å². The summed E-state index contributed by atoms with van der Waals surface area (Å²) < 4.78 is 10.5. The minimum absolute atomic E-state index is 0.524. The van der Waals surface area contributed by atoms with Crippen molar-refractivity contribution in [3.63, 3.8) is 0 Å². The molecule has 0 saturated carbocycles. The predicted molar refractivity (Wildman–Crippen MR) is 104 cm³/mol. The van der Waals surface area contributed by atoms with Crippen molar-refractivity contribution in [3.8, 4) is 11.5 Å². The number of hydrogen-bond donors (Lipinski definition) is 2. The number of para-hydroxylation sites is 2. The van der Waals surface area contributed by atoms with E-state index in [1.165, 1.54) is 0 Å². The van der Waals surface area contributed by atoms with E-state index in [-0.39, 0.29) is 0 Å². The van der Waals surface area contributed by atoms with Crippen LogP contribution in [-0.4, -0.2) is 24.2 Å². The first-order chi connectivity index (χ1) is 12.6. The van der Waals surface area contributed by atoms with Crippen LogP contribution in [0.5, 0.6) is 11.5 Å². The highest BCUT2D eigenvalue weighted by Gasteiger charge is 2.07. The highest BCUT2D eigenvalue weighted by atomic mass is 35.5. The molecule has 0 radical (unpaired) electrons. The molecule has 3 aromatic rings.